The van der Waals surface area contributed by atoms with Gasteiger partial charge < -0.3 is 5.73 Å². The second kappa shape index (κ2) is 18.4. The number of unbranched alkanes of at least 4 members (excludes halogenated alkanes) is 12. The number of Topliss-reactive ketones (excluding diaryl/α,β-unsaturated/α-hetero) is 1. The van der Waals surface area contributed by atoms with Crippen LogP contribution in [0.25, 0.3) is 0 Å². The van der Waals surface area contributed by atoms with Gasteiger partial charge in [0, 0.05) is 18.4 Å². The van der Waals surface area contributed by atoms with E-state index in [1.807, 2.05) is 0 Å². The molecule has 0 bridgehead atoms. The van der Waals surface area contributed by atoms with E-state index >= 15 is 0 Å². The van der Waals surface area contributed by atoms with Gasteiger partial charge in [-0.25, -0.2) is 0 Å². The van der Waals surface area contributed by atoms with Crippen LogP contribution >= 0.6 is 0 Å². The van der Waals surface area contributed by atoms with Crippen LogP contribution in [-0.4, -0.2) is 11.8 Å². The Morgan fingerprint density at radius 3 is 1.52 bits per heavy atom. The molecule has 0 aromatic heterocycles. The molecule has 2 atom stereocenters. The lowest BCUT2D eigenvalue weighted by atomic mass is 9.88. The van der Waals surface area contributed by atoms with Crippen molar-refractivity contribution >= 4 is 5.78 Å². The fourth-order valence-electron chi connectivity index (χ4n) is 3.81. The topological polar surface area (TPSA) is 43.1 Å². The normalized spacial score (nSPS) is 13.8. The van der Waals surface area contributed by atoms with E-state index in [0.717, 1.165) is 32.1 Å². The molecule has 0 spiro atoms. The van der Waals surface area contributed by atoms with Gasteiger partial charge >= 0.3 is 0 Å². The molecule has 0 fully saturated rings. The molecule has 2 unspecified atom stereocenters. The van der Waals surface area contributed by atoms with Gasteiger partial charge in [-0.3, -0.25) is 4.79 Å². The van der Waals surface area contributed by atoms with Crippen molar-refractivity contribution in [3.05, 3.63) is 0 Å². The number of rotatable bonds is 19. The average Bonchev–Trinajstić information content (AvgIpc) is 2.60. The van der Waals surface area contributed by atoms with E-state index in [2.05, 4.69) is 20.8 Å². The molecule has 0 aromatic carbocycles. The third kappa shape index (κ3) is 14.5. The monoisotopic (exact) mass is 353 g/mol. The zero-order chi connectivity index (χ0) is 18.8. The largest absolute Gasteiger partial charge is 0.327 e. The maximum absolute atomic E-state index is 12.3. The second-order valence-electron chi connectivity index (χ2n) is 7.93. The molecule has 2 N–H and O–H groups in total. The highest BCUT2D eigenvalue weighted by molar-refractivity contribution is 5.81. The molecule has 0 amide bonds. The fourth-order valence-corrected chi connectivity index (χ4v) is 3.81. The van der Waals surface area contributed by atoms with Gasteiger partial charge in [-0.15, -0.1) is 0 Å². The maximum atomic E-state index is 12.3. The van der Waals surface area contributed by atoms with E-state index < -0.39 is 0 Å². The molecule has 150 valence electrons. The van der Waals surface area contributed by atoms with E-state index in [0.29, 0.717) is 5.78 Å². The van der Waals surface area contributed by atoms with Crippen molar-refractivity contribution in [2.45, 2.75) is 136 Å². The third-order valence-electron chi connectivity index (χ3n) is 5.52. The van der Waals surface area contributed by atoms with Crippen molar-refractivity contribution in [2.75, 3.05) is 0 Å². The van der Waals surface area contributed by atoms with E-state index in [1.54, 1.807) is 0 Å². The first kappa shape index (κ1) is 24.6. The van der Waals surface area contributed by atoms with E-state index in [1.165, 1.54) is 77.0 Å². The zero-order valence-electron chi connectivity index (χ0n) is 17.7. The second-order valence-corrected chi connectivity index (χ2v) is 7.93. The number of hydrogen-bond acceptors (Lipinski definition) is 2. The molecule has 0 saturated carbocycles. The van der Waals surface area contributed by atoms with Crippen molar-refractivity contribution < 1.29 is 4.79 Å². The summed E-state index contributed by atoms with van der Waals surface area (Å²) in [5.74, 6) is 0.504. The van der Waals surface area contributed by atoms with Crippen LogP contribution in [0.2, 0.25) is 0 Å². The molecule has 0 heterocycles. The first-order valence-electron chi connectivity index (χ1n) is 11.5. The molecule has 0 aliphatic rings. The highest BCUT2D eigenvalue weighted by Crippen LogP contribution is 2.18. The van der Waals surface area contributed by atoms with E-state index in [9.17, 15) is 4.79 Å². The van der Waals surface area contributed by atoms with Gasteiger partial charge in [0.15, 0.2) is 0 Å². The minimum atomic E-state index is 0.0736. The predicted octanol–water partition coefficient (Wildman–Crippen LogP) is 7.19. The van der Waals surface area contributed by atoms with Crippen molar-refractivity contribution in [1.82, 2.24) is 0 Å². The summed E-state index contributed by atoms with van der Waals surface area (Å²) in [7, 11) is 0. The van der Waals surface area contributed by atoms with Gasteiger partial charge in [0.05, 0.1) is 0 Å². The molecule has 0 radical (unpaired) electrons. The van der Waals surface area contributed by atoms with Crippen LogP contribution < -0.4 is 5.73 Å². The number of carbonyl (C=O) groups is 1. The summed E-state index contributed by atoms with van der Waals surface area (Å²) in [6.07, 6.45) is 21.3. The maximum Gasteiger partial charge on any atom is 0.137 e. The molecule has 0 aliphatic heterocycles. The first-order valence-corrected chi connectivity index (χ1v) is 11.5. The molecule has 0 aliphatic carbocycles. The quantitative estimate of drug-likeness (QED) is 0.250. The van der Waals surface area contributed by atoms with E-state index in [-0.39, 0.29) is 12.0 Å². The number of carbonyl (C=O) groups excluding carboxylic acids is 1. The number of hydrogen-bond donors (Lipinski definition) is 1. The molecule has 0 saturated heterocycles. The summed E-state index contributed by atoms with van der Waals surface area (Å²) >= 11 is 0. The predicted molar refractivity (Wildman–Crippen MR) is 112 cm³/mol. The standard InChI is InChI=1S/C23H47NO/c1-4-7-8-9-10-11-12-13-14-15-16-17-18-20-23(25)21(6-3)22(24)19-5-2/h21-22H,4-20,24H2,1-3H3. The fraction of sp³-hybridized carbons (Fsp3) is 0.957. The lowest BCUT2D eigenvalue weighted by molar-refractivity contribution is -0.123. The molecule has 0 aromatic rings. The molecule has 2 nitrogen and oxygen atoms in total. The minimum absolute atomic E-state index is 0.0736. The summed E-state index contributed by atoms with van der Waals surface area (Å²) in [5, 5.41) is 0. The Kier molecular flexibility index (Phi) is 18.1. The van der Waals surface area contributed by atoms with Crippen molar-refractivity contribution in [3.8, 4) is 0 Å². The summed E-state index contributed by atoms with van der Waals surface area (Å²) in [5.41, 5.74) is 6.16. The SMILES string of the molecule is CCCCCCCCCCCCCCCC(=O)C(CC)C(N)CCC. The Balaban J connectivity index is 3.44. The zero-order valence-corrected chi connectivity index (χ0v) is 17.7. The van der Waals surface area contributed by atoms with Gasteiger partial charge in [-0.2, -0.15) is 0 Å². The van der Waals surface area contributed by atoms with Crippen LogP contribution in [0.1, 0.15) is 130 Å². The van der Waals surface area contributed by atoms with Crippen LogP contribution in [0.5, 0.6) is 0 Å². The van der Waals surface area contributed by atoms with Crippen molar-refractivity contribution in [2.24, 2.45) is 11.7 Å². The van der Waals surface area contributed by atoms with Crippen molar-refractivity contribution in [3.63, 3.8) is 0 Å². The molecule has 25 heavy (non-hydrogen) atoms. The van der Waals surface area contributed by atoms with Crippen LogP contribution in [0.3, 0.4) is 0 Å². The first-order chi connectivity index (χ1) is 12.2. The smallest absolute Gasteiger partial charge is 0.137 e. The third-order valence-corrected chi connectivity index (χ3v) is 5.52. The highest BCUT2D eigenvalue weighted by Gasteiger charge is 2.22. The lowest BCUT2D eigenvalue weighted by Crippen LogP contribution is -2.35. The Morgan fingerprint density at radius 2 is 1.12 bits per heavy atom. The Labute approximate surface area is 158 Å². The lowest BCUT2D eigenvalue weighted by Gasteiger charge is -2.20. The van der Waals surface area contributed by atoms with E-state index in [4.69, 9.17) is 5.73 Å². The molecular weight excluding hydrogens is 306 g/mol. The Hall–Kier alpha value is -0.370. The van der Waals surface area contributed by atoms with Crippen LogP contribution in [-0.2, 0) is 4.79 Å². The van der Waals surface area contributed by atoms with Crippen LogP contribution in [0.15, 0.2) is 0 Å². The average molecular weight is 354 g/mol. The highest BCUT2D eigenvalue weighted by atomic mass is 16.1. The van der Waals surface area contributed by atoms with Gasteiger partial charge in [-0.1, -0.05) is 104 Å². The summed E-state index contributed by atoms with van der Waals surface area (Å²) in [4.78, 5) is 12.3. The number of ketones is 1. The Bertz CT molecular complexity index is 290. The molecule has 2 heteroatoms. The minimum Gasteiger partial charge on any atom is -0.327 e. The number of nitrogens with two attached hydrogens (primary N) is 1. The molecular formula is C23H47NO. The summed E-state index contributed by atoms with van der Waals surface area (Å²) < 4.78 is 0. The Morgan fingerprint density at radius 1 is 0.680 bits per heavy atom. The summed E-state index contributed by atoms with van der Waals surface area (Å²) in [6, 6.07) is 0.0736. The van der Waals surface area contributed by atoms with Gasteiger partial charge in [-0.05, 0) is 19.3 Å². The summed E-state index contributed by atoms with van der Waals surface area (Å²) in [6.45, 7) is 6.52. The van der Waals surface area contributed by atoms with Crippen LogP contribution in [0.4, 0.5) is 0 Å². The van der Waals surface area contributed by atoms with Gasteiger partial charge in [0.2, 0.25) is 0 Å². The van der Waals surface area contributed by atoms with Crippen molar-refractivity contribution in [1.29, 1.82) is 0 Å². The van der Waals surface area contributed by atoms with Gasteiger partial charge in [0.25, 0.3) is 0 Å². The van der Waals surface area contributed by atoms with Crippen LogP contribution in [0, 0.1) is 5.92 Å². The van der Waals surface area contributed by atoms with Gasteiger partial charge in [0.1, 0.15) is 5.78 Å². The molecule has 0 rings (SSSR count).